The van der Waals surface area contributed by atoms with Crippen LogP contribution in [-0.4, -0.2) is 30.7 Å². The molecule has 1 N–H and O–H groups in total. The first-order chi connectivity index (χ1) is 11.8. The molecule has 0 aliphatic rings. The zero-order chi connectivity index (χ0) is 18.4. The van der Waals surface area contributed by atoms with Crippen LogP contribution in [0.25, 0.3) is 0 Å². The monoisotopic (exact) mass is 368 g/mol. The Bertz CT molecular complexity index is 717. The van der Waals surface area contributed by atoms with E-state index in [4.69, 9.17) is 0 Å². The van der Waals surface area contributed by atoms with E-state index >= 15 is 0 Å². The summed E-state index contributed by atoms with van der Waals surface area (Å²) < 4.78 is 39.0. The van der Waals surface area contributed by atoms with E-state index in [9.17, 15) is 18.0 Å². The summed E-state index contributed by atoms with van der Waals surface area (Å²) in [6.45, 7) is 0.0327. The van der Waals surface area contributed by atoms with Gasteiger partial charge >= 0.3 is 6.18 Å². The van der Waals surface area contributed by atoms with Crippen LogP contribution in [0.5, 0.6) is 0 Å². The molecule has 2 aromatic rings. The van der Waals surface area contributed by atoms with Gasteiger partial charge in [-0.05, 0) is 49.2 Å². The SMILES string of the molecule is CSc1ccc(NC(=O)CN(C)Cc2ccccc2C(F)(F)F)cc1. The van der Waals surface area contributed by atoms with Gasteiger partial charge in [-0.1, -0.05) is 18.2 Å². The lowest BCUT2D eigenvalue weighted by molar-refractivity contribution is -0.138. The fourth-order valence-electron chi connectivity index (χ4n) is 2.40. The third-order valence-electron chi connectivity index (χ3n) is 3.55. The second kappa shape index (κ2) is 8.40. The number of rotatable bonds is 6. The number of amides is 1. The van der Waals surface area contributed by atoms with Gasteiger partial charge in [0.1, 0.15) is 0 Å². The normalized spacial score (nSPS) is 11.6. The molecule has 3 nitrogen and oxygen atoms in total. The maximum Gasteiger partial charge on any atom is 0.416 e. The zero-order valence-electron chi connectivity index (χ0n) is 13.9. The van der Waals surface area contributed by atoms with Crippen LogP contribution in [0.2, 0.25) is 0 Å². The third kappa shape index (κ3) is 5.79. The number of likely N-dealkylation sites (N-methyl/N-ethyl adjacent to an activating group) is 1. The van der Waals surface area contributed by atoms with E-state index in [2.05, 4.69) is 5.32 Å². The van der Waals surface area contributed by atoms with Crippen molar-refractivity contribution in [3.8, 4) is 0 Å². The number of hydrogen-bond acceptors (Lipinski definition) is 3. The number of carbonyl (C=O) groups is 1. The smallest absolute Gasteiger partial charge is 0.325 e. The Morgan fingerprint density at radius 1 is 1.12 bits per heavy atom. The van der Waals surface area contributed by atoms with Gasteiger partial charge in [-0.25, -0.2) is 0 Å². The van der Waals surface area contributed by atoms with Crippen LogP contribution in [0, 0.1) is 0 Å². The molecular weight excluding hydrogens is 349 g/mol. The Kier molecular flexibility index (Phi) is 6.50. The van der Waals surface area contributed by atoms with E-state index in [1.807, 2.05) is 18.4 Å². The molecule has 0 aliphatic carbocycles. The summed E-state index contributed by atoms with van der Waals surface area (Å²) in [5.41, 5.74) is 0.136. The Balaban J connectivity index is 1.95. The lowest BCUT2D eigenvalue weighted by Crippen LogP contribution is -2.30. The van der Waals surface area contributed by atoms with Crippen molar-refractivity contribution >= 4 is 23.4 Å². The van der Waals surface area contributed by atoms with Crippen molar-refractivity contribution in [1.29, 1.82) is 0 Å². The summed E-state index contributed by atoms with van der Waals surface area (Å²) in [5, 5.41) is 2.74. The van der Waals surface area contributed by atoms with Gasteiger partial charge < -0.3 is 5.32 Å². The first kappa shape index (κ1) is 19.3. The number of nitrogens with one attached hydrogen (secondary N) is 1. The fourth-order valence-corrected chi connectivity index (χ4v) is 2.81. The van der Waals surface area contributed by atoms with Gasteiger partial charge in [-0.15, -0.1) is 11.8 Å². The minimum Gasteiger partial charge on any atom is -0.325 e. The Morgan fingerprint density at radius 3 is 2.36 bits per heavy atom. The maximum atomic E-state index is 13.0. The summed E-state index contributed by atoms with van der Waals surface area (Å²) in [6.07, 6.45) is -2.44. The van der Waals surface area contributed by atoms with Gasteiger partial charge in [0.15, 0.2) is 0 Å². The predicted octanol–water partition coefficient (Wildman–Crippen LogP) is 4.50. The summed E-state index contributed by atoms with van der Waals surface area (Å²) >= 11 is 1.60. The molecule has 25 heavy (non-hydrogen) atoms. The molecule has 2 aromatic carbocycles. The summed E-state index contributed by atoms with van der Waals surface area (Å²) in [7, 11) is 1.61. The molecule has 0 saturated carbocycles. The van der Waals surface area contributed by atoms with Gasteiger partial charge in [0.25, 0.3) is 0 Å². The molecule has 1 amide bonds. The number of benzene rings is 2. The minimum atomic E-state index is -4.40. The van der Waals surface area contributed by atoms with Crippen LogP contribution in [0.4, 0.5) is 18.9 Å². The first-order valence-electron chi connectivity index (χ1n) is 7.57. The lowest BCUT2D eigenvalue weighted by atomic mass is 10.1. The molecule has 0 fully saturated rings. The number of carbonyl (C=O) groups excluding carboxylic acids is 1. The van der Waals surface area contributed by atoms with Gasteiger partial charge in [-0.2, -0.15) is 13.2 Å². The van der Waals surface area contributed by atoms with Crippen molar-refractivity contribution in [3.05, 3.63) is 59.7 Å². The van der Waals surface area contributed by atoms with E-state index in [-0.39, 0.29) is 24.6 Å². The van der Waals surface area contributed by atoms with Crippen LogP contribution in [-0.2, 0) is 17.5 Å². The van der Waals surface area contributed by atoms with Crippen LogP contribution in [0.1, 0.15) is 11.1 Å². The van der Waals surface area contributed by atoms with Crippen LogP contribution >= 0.6 is 11.8 Å². The number of thioether (sulfide) groups is 1. The van der Waals surface area contributed by atoms with Crippen LogP contribution in [0.15, 0.2) is 53.4 Å². The summed E-state index contributed by atoms with van der Waals surface area (Å²) in [4.78, 5) is 14.7. The topological polar surface area (TPSA) is 32.3 Å². The van der Waals surface area contributed by atoms with Crippen molar-refractivity contribution in [2.24, 2.45) is 0 Å². The molecule has 7 heteroatoms. The second-order valence-electron chi connectivity index (χ2n) is 5.60. The molecule has 2 rings (SSSR count). The highest BCUT2D eigenvalue weighted by Crippen LogP contribution is 2.32. The van der Waals surface area contributed by atoms with E-state index in [1.54, 1.807) is 41.9 Å². The zero-order valence-corrected chi connectivity index (χ0v) is 14.7. The van der Waals surface area contributed by atoms with Gasteiger partial charge in [0.05, 0.1) is 12.1 Å². The Hall–Kier alpha value is -1.99. The van der Waals surface area contributed by atoms with Crippen molar-refractivity contribution in [3.63, 3.8) is 0 Å². The second-order valence-corrected chi connectivity index (χ2v) is 6.48. The van der Waals surface area contributed by atoms with Crippen molar-refractivity contribution in [2.45, 2.75) is 17.6 Å². The number of anilines is 1. The third-order valence-corrected chi connectivity index (χ3v) is 4.29. The molecule has 0 heterocycles. The van der Waals surface area contributed by atoms with Crippen LogP contribution in [0.3, 0.4) is 0 Å². The Labute approximate surface area is 149 Å². The van der Waals surface area contributed by atoms with E-state index in [0.717, 1.165) is 11.0 Å². The largest absolute Gasteiger partial charge is 0.416 e. The van der Waals surface area contributed by atoms with Crippen molar-refractivity contribution in [1.82, 2.24) is 4.90 Å². The van der Waals surface area contributed by atoms with Crippen molar-refractivity contribution in [2.75, 3.05) is 25.2 Å². The van der Waals surface area contributed by atoms with Crippen molar-refractivity contribution < 1.29 is 18.0 Å². The van der Waals surface area contributed by atoms with E-state index < -0.39 is 11.7 Å². The molecular formula is C18H19F3N2OS. The van der Waals surface area contributed by atoms with Gasteiger partial charge in [-0.3, -0.25) is 9.69 Å². The van der Waals surface area contributed by atoms with E-state index in [1.165, 1.54) is 12.1 Å². The number of hydrogen-bond donors (Lipinski definition) is 1. The number of nitrogens with zero attached hydrogens (tertiary/aromatic N) is 1. The standard InChI is InChI=1S/C18H19F3N2OS/c1-23(11-13-5-3-4-6-16(13)18(19,20)21)12-17(24)22-14-7-9-15(25-2)10-8-14/h3-10H,11-12H2,1-2H3,(H,22,24). The summed E-state index contributed by atoms with van der Waals surface area (Å²) in [5.74, 6) is -0.274. The molecule has 0 bridgehead atoms. The highest BCUT2D eigenvalue weighted by atomic mass is 32.2. The number of alkyl halides is 3. The molecule has 134 valence electrons. The molecule has 0 radical (unpaired) electrons. The quantitative estimate of drug-likeness (QED) is 0.762. The lowest BCUT2D eigenvalue weighted by Gasteiger charge is -2.19. The molecule has 0 unspecified atom stereocenters. The first-order valence-corrected chi connectivity index (χ1v) is 8.79. The highest BCUT2D eigenvalue weighted by Gasteiger charge is 2.33. The molecule has 0 spiro atoms. The fraction of sp³-hybridized carbons (Fsp3) is 0.278. The predicted molar refractivity (Wildman–Crippen MR) is 94.6 cm³/mol. The number of halogens is 3. The molecule has 0 saturated heterocycles. The van der Waals surface area contributed by atoms with Crippen LogP contribution < -0.4 is 5.32 Å². The molecule has 0 aliphatic heterocycles. The van der Waals surface area contributed by atoms with Gasteiger partial charge in [0, 0.05) is 17.1 Å². The highest BCUT2D eigenvalue weighted by molar-refractivity contribution is 7.98. The summed E-state index contributed by atoms with van der Waals surface area (Å²) in [6, 6.07) is 12.8. The molecule has 0 atom stereocenters. The molecule has 0 aromatic heterocycles. The average molecular weight is 368 g/mol. The van der Waals surface area contributed by atoms with E-state index in [0.29, 0.717) is 5.69 Å². The Morgan fingerprint density at radius 2 is 1.76 bits per heavy atom. The van der Waals surface area contributed by atoms with Gasteiger partial charge in [0.2, 0.25) is 5.91 Å². The average Bonchev–Trinajstić information content (AvgIpc) is 2.54. The maximum absolute atomic E-state index is 13.0. The minimum absolute atomic E-state index is 0.00350.